The molecule has 0 saturated carbocycles. The van der Waals surface area contributed by atoms with E-state index in [0.717, 1.165) is 13.1 Å². The van der Waals surface area contributed by atoms with Crippen LogP contribution in [-0.2, 0) is 10.0 Å². The predicted octanol–water partition coefficient (Wildman–Crippen LogP) is 1.56. The Kier molecular flexibility index (Phi) is 5.51. The molecule has 124 valence electrons. The highest BCUT2D eigenvalue weighted by Gasteiger charge is 2.17. The van der Waals surface area contributed by atoms with Gasteiger partial charge in [-0.25, -0.2) is 8.42 Å². The second kappa shape index (κ2) is 7.38. The highest BCUT2D eigenvalue weighted by atomic mass is 32.2. The van der Waals surface area contributed by atoms with Crippen LogP contribution in [0, 0.1) is 6.92 Å². The number of nitrogens with zero attached hydrogens (tertiary/aromatic N) is 3. The summed E-state index contributed by atoms with van der Waals surface area (Å²) in [6.45, 7) is 3.34. The number of nitrogens with one attached hydrogen (secondary N) is 2. The van der Waals surface area contributed by atoms with E-state index in [1.165, 1.54) is 0 Å². The maximum absolute atomic E-state index is 12.4. The van der Waals surface area contributed by atoms with E-state index < -0.39 is 10.0 Å². The quantitative estimate of drug-likeness (QED) is 0.798. The number of hydrogen-bond donors (Lipinski definition) is 2. The third kappa shape index (κ3) is 4.90. The molecule has 0 bridgehead atoms. The molecular weight excluding hydrogens is 314 g/mol. The van der Waals surface area contributed by atoms with Gasteiger partial charge in [0.1, 0.15) is 5.82 Å². The summed E-state index contributed by atoms with van der Waals surface area (Å²) in [5.41, 5.74) is 0.676. The molecule has 2 aromatic rings. The van der Waals surface area contributed by atoms with Gasteiger partial charge >= 0.3 is 0 Å². The van der Waals surface area contributed by atoms with Gasteiger partial charge in [0.25, 0.3) is 10.0 Å². The Bertz CT molecular complexity index is 745. The van der Waals surface area contributed by atoms with Crippen LogP contribution >= 0.6 is 0 Å². The summed E-state index contributed by atoms with van der Waals surface area (Å²) in [5, 5.41) is 11.0. The fraction of sp³-hybridized carbons (Fsp3) is 0.333. The highest BCUT2D eigenvalue weighted by molar-refractivity contribution is 7.92. The summed E-state index contributed by atoms with van der Waals surface area (Å²) in [6, 6.07) is 10.1. The summed E-state index contributed by atoms with van der Waals surface area (Å²) in [6.07, 6.45) is 0. The minimum Gasteiger partial charge on any atom is -0.367 e. The SMILES string of the molecule is Cc1ccccc1S(=O)(=O)Nc1ccc(NCCN(C)C)nn1. The molecule has 8 heteroatoms. The van der Waals surface area contributed by atoms with Crippen LogP contribution in [0.25, 0.3) is 0 Å². The van der Waals surface area contributed by atoms with E-state index in [0.29, 0.717) is 11.4 Å². The number of aryl methyl sites for hydroxylation is 1. The van der Waals surface area contributed by atoms with Gasteiger partial charge in [-0.1, -0.05) is 18.2 Å². The predicted molar refractivity (Wildman–Crippen MR) is 91.1 cm³/mol. The average molecular weight is 335 g/mol. The Balaban J connectivity index is 2.04. The lowest BCUT2D eigenvalue weighted by Crippen LogP contribution is -2.21. The molecule has 1 heterocycles. The Morgan fingerprint density at radius 3 is 2.30 bits per heavy atom. The fourth-order valence-electron chi connectivity index (χ4n) is 1.94. The van der Waals surface area contributed by atoms with Crippen molar-refractivity contribution in [3.8, 4) is 0 Å². The molecule has 2 N–H and O–H groups in total. The van der Waals surface area contributed by atoms with Crippen LogP contribution in [-0.4, -0.2) is 50.7 Å². The molecule has 1 aromatic carbocycles. The first-order valence-electron chi connectivity index (χ1n) is 7.19. The monoisotopic (exact) mass is 335 g/mol. The van der Waals surface area contributed by atoms with E-state index >= 15 is 0 Å². The van der Waals surface area contributed by atoms with Gasteiger partial charge in [-0.15, -0.1) is 10.2 Å². The van der Waals surface area contributed by atoms with Crippen LogP contribution in [0.3, 0.4) is 0 Å². The lowest BCUT2D eigenvalue weighted by Gasteiger charge is -2.11. The molecule has 7 nitrogen and oxygen atoms in total. The van der Waals surface area contributed by atoms with Gasteiger partial charge in [0, 0.05) is 13.1 Å². The molecule has 0 aliphatic carbocycles. The summed E-state index contributed by atoms with van der Waals surface area (Å²) in [7, 11) is 0.301. The summed E-state index contributed by atoms with van der Waals surface area (Å²) in [4.78, 5) is 2.28. The van der Waals surface area contributed by atoms with E-state index in [1.807, 2.05) is 19.0 Å². The molecule has 0 unspecified atom stereocenters. The third-order valence-corrected chi connectivity index (χ3v) is 4.67. The number of hydrogen-bond acceptors (Lipinski definition) is 6. The van der Waals surface area contributed by atoms with Crippen molar-refractivity contribution in [1.82, 2.24) is 15.1 Å². The highest BCUT2D eigenvalue weighted by Crippen LogP contribution is 2.17. The minimum atomic E-state index is -3.66. The molecule has 0 atom stereocenters. The van der Waals surface area contributed by atoms with Crippen LogP contribution in [0.5, 0.6) is 0 Å². The number of anilines is 2. The number of likely N-dealkylation sites (N-methyl/N-ethyl adjacent to an activating group) is 1. The smallest absolute Gasteiger partial charge is 0.263 e. The van der Waals surface area contributed by atoms with Gasteiger partial charge in [0.05, 0.1) is 4.90 Å². The van der Waals surface area contributed by atoms with Crippen LogP contribution in [0.2, 0.25) is 0 Å². The number of aromatic nitrogens is 2. The zero-order valence-corrected chi connectivity index (χ0v) is 14.3. The van der Waals surface area contributed by atoms with Crippen LogP contribution in [0.1, 0.15) is 5.56 Å². The Labute approximate surface area is 136 Å². The van der Waals surface area contributed by atoms with Gasteiger partial charge in [0.15, 0.2) is 5.82 Å². The number of sulfonamides is 1. The van der Waals surface area contributed by atoms with Crippen LogP contribution < -0.4 is 10.0 Å². The number of rotatable bonds is 7. The normalized spacial score (nSPS) is 11.5. The zero-order valence-electron chi connectivity index (χ0n) is 13.4. The van der Waals surface area contributed by atoms with Crippen molar-refractivity contribution < 1.29 is 8.42 Å². The van der Waals surface area contributed by atoms with Gasteiger partial charge in [-0.05, 0) is 44.8 Å². The van der Waals surface area contributed by atoms with Crippen molar-refractivity contribution in [1.29, 1.82) is 0 Å². The molecule has 0 saturated heterocycles. The second-order valence-corrected chi connectivity index (χ2v) is 7.06. The maximum atomic E-state index is 12.4. The second-order valence-electron chi connectivity index (χ2n) is 5.40. The minimum absolute atomic E-state index is 0.186. The van der Waals surface area contributed by atoms with Crippen molar-refractivity contribution in [2.45, 2.75) is 11.8 Å². The average Bonchev–Trinajstić information content (AvgIpc) is 2.48. The maximum Gasteiger partial charge on any atom is 0.263 e. The molecule has 0 spiro atoms. The molecule has 0 fully saturated rings. The van der Waals surface area contributed by atoms with E-state index in [4.69, 9.17) is 0 Å². The molecule has 0 amide bonds. The summed E-state index contributed by atoms with van der Waals surface area (Å²) >= 11 is 0. The van der Waals surface area contributed by atoms with Gasteiger partial charge < -0.3 is 10.2 Å². The Hall–Kier alpha value is -2.19. The van der Waals surface area contributed by atoms with E-state index in [1.54, 1.807) is 43.3 Å². The topological polar surface area (TPSA) is 87.2 Å². The van der Waals surface area contributed by atoms with Crippen molar-refractivity contribution >= 4 is 21.7 Å². The first kappa shape index (κ1) is 17.2. The molecule has 0 radical (unpaired) electrons. The van der Waals surface area contributed by atoms with Gasteiger partial charge in [-0.3, -0.25) is 4.72 Å². The van der Waals surface area contributed by atoms with Crippen LogP contribution in [0.15, 0.2) is 41.3 Å². The van der Waals surface area contributed by atoms with E-state index in [-0.39, 0.29) is 10.7 Å². The van der Waals surface area contributed by atoms with Crippen molar-refractivity contribution in [3.63, 3.8) is 0 Å². The number of benzene rings is 1. The van der Waals surface area contributed by atoms with Crippen molar-refractivity contribution in [2.24, 2.45) is 0 Å². The van der Waals surface area contributed by atoms with Crippen LogP contribution in [0.4, 0.5) is 11.6 Å². The van der Waals surface area contributed by atoms with Crippen molar-refractivity contribution in [2.75, 3.05) is 37.2 Å². The van der Waals surface area contributed by atoms with Gasteiger partial charge in [-0.2, -0.15) is 0 Å². The molecule has 2 rings (SSSR count). The Morgan fingerprint density at radius 1 is 1.04 bits per heavy atom. The third-order valence-electron chi connectivity index (χ3n) is 3.15. The first-order chi connectivity index (χ1) is 10.9. The lowest BCUT2D eigenvalue weighted by molar-refractivity contribution is 0.425. The molecular formula is C15H21N5O2S. The summed E-state index contributed by atoms with van der Waals surface area (Å²) in [5.74, 6) is 0.789. The lowest BCUT2D eigenvalue weighted by atomic mass is 10.2. The van der Waals surface area contributed by atoms with Gasteiger partial charge in [0.2, 0.25) is 0 Å². The first-order valence-corrected chi connectivity index (χ1v) is 8.67. The fourth-order valence-corrected chi connectivity index (χ4v) is 3.18. The molecule has 23 heavy (non-hydrogen) atoms. The van der Waals surface area contributed by atoms with E-state index in [9.17, 15) is 8.42 Å². The largest absolute Gasteiger partial charge is 0.367 e. The van der Waals surface area contributed by atoms with Crippen molar-refractivity contribution in [3.05, 3.63) is 42.0 Å². The standard InChI is InChI=1S/C15H21N5O2S/c1-12-6-4-5-7-13(12)23(21,22)19-15-9-8-14(17-18-15)16-10-11-20(2)3/h4-9H,10-11H2,1-3H3,(H,16,17)(H,18,19). The zero-order chi connectivity index (χ0) is 16.9. The molecule has 1 aromatic heterocycles. The molecule has 0 aliphatic rings. The summed E-state index contributed by atoms with van der Waals surface area (Å²) < 4.78 is 27.1. The Morgan fingerprint density at radius 2 is 1.70 bits per heavy atom. The van der Waals surface area contributed by atoms with E-state index in [2.05, 4.69) is 20.2 Å². The molecule has 0 aliphatic heterocycles.